The highest BCUT2D eigenvalue weighted by Gasteiger charge is 2.56. The van der Waals surface area contributed by atoms with Gasteiger partial charge >= 0.3 is 0 Å². The molecule has 15 heavy (non-hydrogen) atoms. The molecular formula is C8H14O2S5. The monoisotopic (exact) mass is 302 g/mol. The normalized spacial score (nSPS) is 27.5. The number of carboxylic acid groups (broad SMARTS) is 1. The van der Waals surface area contributed by atoms with Crippen LogP contribution < -0.4 is 5.11 Å². The second-order valence-corrected chi connectivity index (χ2v) is 12.5. The lowest BCUT2D eigenvalue weighted by Crippen LogP contribution is -2.17. The number of carbonyl (C=O) groups excluding carboxylic acids is 1. The number of hydrogen-bond donors (Lipinski definition) is 0. The van der Waals surface area contributed by atoms with Crippen LogP contribution >= 0.6 is 46.1 Å². The zero-order valence-electron chi connectivity index (χ0n) is 8.69. The van der Waals surface area contributed by atoms with Crippen molar-refractivity contribution in [2.45, 2.75) is 9.67 Å². The summed E-state index contributed by atoms with van der Waals surface area (Å²) in [5, 5.41) is 8.89. The summed E-state index contributed by atoms with van der Waals surface area (Å²) in [5.41, 5.74) is 0. The van der Waals surface area contributed by atoms with Crippen LogP contribution in [0.15, 0.2) is 0 Å². The van der Waals surface area contributed by atoms with Crippen LogP contribution in [0.2, 0.25) is 0 Å². The fourth-order valence-corrected chi connectivity index (χ4v) is 14.6. The van der Waals surface area contributed by atoms with Gasteiger partial charge in [-0.05, 0) is 6.92 Å². The van der Waals surface area contributed by atoms with Gasteiger partial charge in [-0.15, -0.1) is 0 Å². The molecule has 1 spiro atoms. The van der Waals surface area contributed by atoms with E-state index < -0.39 is 5.97 Å². The molecule has 0 aliphatic carbocycles. The summed E-state index contributed by atoms with van der Waals surface area (Å²) >= 11 is 6.61. The zero-order valence-corrected chi connectivity index (χ0v) is 12.8. The molecule has 0 N–H and O–H groups in total. The lowest BCUT2D eigenvalue weighted by Gasteiger charge is -2.15. The van der Waals surface area contributed by atoms with Crippen molar-refractivity contribution in [1.29, 1.82) is 0 Å². The van der Waals surface area contributed by atoms with E-state index in [9.17, 15) is 0 Å². The Hall–Kier alpha value is 1.22. The summed E-state index contributed by atoms with van der Waals surface area (Å²) in [4.78, 5) is 8.89. The lowest BCUT2D eigenvalue weighted by molar-refractivity contribution is -0.302. The van der Waals surface area contributed by atoms with E-state index in [0.29, 0.717) is 12.7 Å². The van der Waals surface area contributed by atoms with Crippen LogP contribution in [-0.2, 0) is 14.7 Å². The largest absolute Gasteiger partial charge is 0.550 e. The van der Waals surface area contributed by atoms with Crippen molar-refractivity contribution in [2.24, 2.45) is 0 Å². The Morgan fingerprint density at radius 2 is 1.80 bits per heavy atom. The minimum Gasteiger partial charge on any atom is -0.550 e. The van der Waals surface area contributed by atoms with Crippen LogP contribution in [0, 0.1) is 0 Å². The summed E-state index contributed by atoms with van der Waals surface area (Å²) in [6, 6.07) is 0. The molecule has 2 nitrogen and oxygen atoms in total. The Bertz CT molecular complexity index is 208. The van der Waals surface area contributed by atoms with E-state index >= 15 is 0 Å². The number of rotatable bonds is 1. The maximum absolute atomic E-state index is 8.89. The molecule has 2 aliphatic heterocycles. The number of aliphatic carboxylic acids is 1. The first kappa shape index (κ1) is 14.3. The molecule has 1 atom stereocenters. The van der Waals surface area contributed by atoms with Gasteiger partial charge in [-0.25, -0.2) is 0 Å². The first-order valence-electron chi connectivity index (χ1n) is 4.45. The van der Waals surface area contributed by atoms with E-state index in [1.165, 1.54) is 23.0 Å². The minimum absolute atomic E-state index is 0.597. The number of carboxylic acids is 1. The summed E-state index contributed by atoms with van der Waals surface area (Å²) in [6.07, 6.45) is 2.27. The lowest BCUT2D eigenvalue weighted by atomic mass is 10.9. The average Bonchev–Trinajstić information content (AvgIpc) is 2.76. The predicted molar refractivity (Wildman–Crippen MR) is 76.5 cm³/mol. The van der Waals surface area contributed by atoms with Gasteiger partial charge in [0, 0.05) is 29.5 Å². The topological polar surface area (TPSA) is 40.1 Å². The standard InChI is InChI=1S/C6H11S5.C2H4O2/c1-7-11-5-4-10-6(11)8-2-3-9-6;1-2(3)4/h2-5H2,1H3;1H3,(H,3,4)/q+1;/p-1. The molecule has 0 aromatic rings. The Kier molecular flexibility index (Phi) is 6.51. The molecular weight excluding hydrogens is 288 g/mol. The fourth-order valence-electron chi connectivity index (χ4n) is 1.21. The Morgan fingerprint density at radius 1 is 1.33 bits per heavy atom. The second kappa shape index (κ2) is 6.83. The van der Waals surface area contributed by atoms with E-state index in [2.05, 4.69) is 52.3 Å². The van der Waals surface area contributed by atoms with E-state index in [1.807, 2.05) is 0 Å². The van der Waals surface area contributed by atoms with E-state index in [1.54, 1.807) is 0 Å². The Morgan fingerprint density at radius 3 is 2.27 bits per heavy atom. The summed E-state index contributed by atoms with van der Waals surface area (Å²) in [5.74, 6) is 4.51. The fraction of sp³-hybridized carbons (Fsp3) is 0.875. The first-order chi connectivity index (χ1) is 7.10. The second-order valence-electron chi connectivity index (χ2n) is 2.75. The maximum Gasteiger partial charge on any atom is 0.277 e. The van der Waals surface area contributed by atoms with E-state index in [0.717, 1.165) is 6.92 Å². The van der Waals surface area contributed by atoms with Crippen LogP contribution in [0.4, 0.5) is 0 Å². The molecule has 2 aliphatic rings. The van der Waals surface area contributed by atoms with Gasteiger partial charge in [0.25, 0.3) is 2.74 Å². The third-order valence-electron chi connectivity index (χ3n) is 1.67. The predicted octanol–water partition coefficient (Wildman–Crippen LogP) is 1.48. The molecule has 7 heteroatoms. The quantitative estimate of drug-likeness (QED) is 0.540. The molecule has 0 saturated carbocycles. The molecule has 2 saturated heterocycles. The molecule has 2 rings (SSSR count). The highest BCUT2D eigenvalue weighted by Crippen LogP contribution is 2.62. The van der Waals surface area contributed by atoms with Crippen molar-refractivity contribution in [3.63, 3.8) is 0 Å². The van der Waals surface area contributed by atoms with Gasteiger partial charge in [0.15, 0.2) is 0 Å². The van der Waals surface area contributed by atoms with Crippen LogP contribution in [0.5, 0.6) is 0 Å². The SMILES string of the molecule is CC(=O)[O-].CS[S+]1CCSC12SCCS2. The third kappa shape index (κ3) is 4.18. The third-order valence-corrected chi connectivity index (χ3v) is 14.4. The number of thioether (sulfide) groups is 3. The van der Waals surface area contributed by atoms with Crippen molar-refractivity contribution in [3.8, 4) is 0 Å². The minimum atomic E-state index is -1.08. The van der Waals surface area contributed by atoms with E-state index in [4.69, 9.17) is 9.90 Å². The van der Waals surface area contributed by atoms with Crippen LogP contribution in [0.3, 0.4) is 0 Å². The van der Waals surface area contributed by atoms with Crippen molar-refractivity contribution in [2.75, 3.05) is 29.3 Å². The molecule has 0 bridgehead atoms. The van der Waals surface area contributed by atoms with Crippen molar-refractivity contribution in [1.82, 2.24) is 0 Å². The molecule has 0 aromatic heterocycles. The number of carbonyl (C=O) groups is 1. The zero-order chi connectivity index (χ0) is 11.3. The number of hydrogen-bond acceptors (Lipinski definition) is 6. The van der Waals surface area contributed by atoms with Gasteiger partial charge < -0.3 is 9.90 Å². The Labute approximate surface area is 110 Å². The van der Waals surface area contributed by atoms with Crippen LogP contribution in [-0.4, -0.2) is 38.0 Å². The van der Waals surface area contributed by atoms with Crippen molar-refractivity contribution in [3.05, 3.63) is 0 Å². The molecule has 2 heterocycles. The van der Waals surface area contributed by atoms with Crippen LogP contribution in [0.1, 0.15) is 6.92 Å². The van der Waals surface area contributed by atoms with Gasteiger partial charge in [0.1, 0.15) is 5.75 Å². The average molecular weight is 303 g/mol. The van der Waals surface area contributed by atoms with Crippen molar-refractivity contribution < 1.29 is 9.90 Å². The summed E-state index contributed by atoms with van der Waals surface area (Å²) < 4.78 is 0.597. The van der Waals surface area contributed by atoms with Gasteiger partial charge in [0.2, 0.25) is 0 Å². The highest BCUT2D eigenvalue weighted by atomic mass is 33.1. The van der Waals surface area contributed by atoms with Gasteiger partial charge in [-0.1, -0.05) is 35.3 Å². The molecule has 1 unspecified atom stereocenters. The molecule has 2 fully saturated rings. The van der Waals surface area contributed by atoms with E-state index in [-0.39, 0.29) is 0 Å². The Balaban J connectivity index is 0.000000245. The van der Waals surface area contributed by atoms with Crippen LogP contribution in [0.25, 0.3) is 0 Å². The maximum atomic E-state index is 8.89. The first-order valence-corrected chi connectivity index (χ1v) is 10.5. The molecule has 0 aromatic carbocycles. The molecule has 88 valence electrons. The smallest absolute Gasteiger partial charge is 0.277 e. The van der Waals surface area contributed by atoms with Gasteiger partial charge in [-0.2, -0.15) is 0 Å². The highest BCUT2D eigenvalue weighted by molar-refractivity contribution is 8.82. The summed E-state index contributed by atoms with van der Waals surface area (Å²) in [7, 11) is 2.73. The van der Waals surface area contributed by atoms with Gasteiger partial charge in [0.05, 0.1) is 20.7 Å². The summed E-state index contributed by atoms with van der Waals surface area (Å²) in [6.45, 7) is 0.972. The van der Waals surface area contributed by atoms with Crippen molar-refractivity contribution >= 4 is 62.0 Å². The molecule has 0 amide bonds. The molecule has 0 radical (unpaired) electrons. The van der Waals surface area contributed by atoms with Gasteiger partial charge in [-0.3, -0.25) is 0 Å².